The van der Waals surface area contributed by atoms with Gasteiger partial charge in [-0.3, -0.25) is 10.1 Å². The van der Waals surface area contributed by atoms with E-state index in [4.69, 9.17) is 11.6 Å². The molecule has 0 unspecified atom stereocenters. The van der Waals surface area contributed by atoms with E-state index >= 15 is 0 Å². The number of benzene rings is 1. The Bertz CT molecular complexity index is 409. The number of nitrogens with one attached hydrogen (secondary N) is 1. The molecule has 0 amide bonds. The number of halogens is 2. The molecule has 1 aromatic rings. The molecule has 0 saturated carbocycles. The highest BCUT2D eigenvalue weighted by Gasteiger charge is 2.19. The van der Waals surface area contributed by atoms with Gasteiger partial charge in [-0.05, 0) is 12.1 Å². The van der Waals surface area contributed by atoms with Gasteiger partial charge in [0.2, 0.25) is 5.82 Å². The molecule has 1 rings (SSSR count). The monoisotopic (exact) mass is 230 g/mol. The van der Waals surface area contributed by atoms with Crippen LogP contribution in [-0.4, -0.2) is 11.5 Å². The largest absolute Gasteiger partial charge is 0.374 e. The Morgan fingerprint density at radius 1 is 1.67 bits per heavy atom. The summed E-state index contributed by atoms with van der Waals surface area (Å²) >= 11 is 5.48. The summed E-state index contributed by atoms with van der Waals surface area (Å²) in [5, 5.41) is 13.5. The Balaban J connectivity index is 3.01. The molecular formula is C9H8ClFN2O2. The molecule has 15 heavy (non-hydrogen) atoms. The van der Waals surface area contributed by atoms with Crippen molar-refractivity contribution in [3.63, 3.8) is 0 Å². The van der Waals surface area contributed by atoms with Crippen LogP contribution in [0.15, 0.2) is 29.8 Å². The molecule has 6 heteroatoms. The summed E-state index contributed by atoms with van der Waals surface area (Å²) in [6.07, 6.45) is 0. The highest BCUT2D eigenvalue weighted by molar-refractivity contribution is 6.29. The molecule has 1 aromatic carbocycles. The van der Waals surface area contributed by atoms with Crippen molar-refractivity contribution in [2.45, 2.75) is 0 Å². The van der Waals surface area contributed by atoms with E-state index in [1.165, 1.54) is 12.1 Å². The van der Waals surface area contributed by atoms with Crippen LogP contribution in [0.25, 0.3) is 0 Å². The van der Waals surface area contributed by atoms with Crippen LogP contribution in [0, 0.1) is 15.9 Å². The Morgan fingerprint density at radius 2 is 2.33 bits per heavy atom. The molecule has 0 aliphatic carbocycles. The van der Waals surface area contributed by atoms with Gasteiger partial charge < -0.3 is 5.32 Å². The summed E-state index contributed by atoms with van der Waals surface area (Å²) in [7, 11) is 0. The zero-order valence-electron chi connectivity index (χ0n) is 7.67. The summed E-state index contributed by atoms with van der Waals surface area (Å²) < 4.78 is 13.1. The first-order valence-corrected chi connectivity index (χ1v) is 4.40. The minimum atomic E-state index is -0.884. The van der Waals surface area contributed by atoms with Crippen LogP contribution in [0.4, 0.5) is 15.8 Å². The highest BCUT2D eigenvalue weighted by atomic mass is 35.5. The van der Waals surface area contributed by atoms with E-state index in [1.54, 1.807) is 0 Å². The lowest BCUT2D eigenvalue weighted by Gasteiger charge is -2.05. The first kappa shape index (κ1) is 11.5. The summed E-state index contributed by atoms with van der Waals surface area (Å²) in [4.78, 5) is 9.77. The van der Waals surface area contributed by atoms with E-state index in [2.05, 4.69) is 11.9 Å². The minimum Gasteiger partial charge on any atom is -0.374 e. The van der Waals surface area contributed by atoms with Crippen molar-refractivity contribution >= 4 is 23.0 Å². The number of para-hydroxylation sites is 1. The second-order valence-electron chi connectivity index (χ2n) is 2.76. The van der Waals surface area contributed by atoms with Crippen LogP contribution in [0.3, 0.4) is 0 Å². The fraction of sp³-hybridized carbons (Fsp3) is 0.111. The Hall–Kier alpha value is -1.62. The average molecular weight is 231 g/mol. The van der Waals surface area contributed by atoms with Crippen LogP contribution < -0.4 is 5.32 Å². The van der Waals surface area contributed by atoms with Gasteiger partial charge in [0, 0.05) is 5.03 Å². The van der Waals surface area contributed by atoms with Crippen molar-refractivity contribution in [2.75, 3.05) is 11.9 Å². The molecule has 0 aliphatic heterocycles. The molecule has 4 nitrogen and oxygen atoms in total. The quantitative estimate of drug-likeness (QED) is 0.639. The topological polar surface area (TPSA) is 55.2 Å². The van der Waals surface area contributed by atoms with Crippen LogP contribution >= 0.6 is 11.6 Å². The van der Waals surface area contributed by atoms with E-state index in [1.807, 2.05) is 0 Å². The molecule has 0 heterocycles. The van der Waals surface area contributed by atoms with Crippen LogP contribution in [0.1, 0.15) is 0 Å². The molecule has 0 bridgehead atoms. The first-order chi connectivity index (χ1) is 7.02. The molecule has 0 aliphatic rings. The summed E-state index contributed by atoms with van der Waals surface area (Å²) in [6, 6.07) is 3.81. The van der Waals surface area contributed by atoms with Gasteiger partial charge in [0.1, 0.15) is 5.69 Å². The summed E-state index contributed by atoms with van der Waals surface area (Å²) in [6.45, 7) is 3.55. The average Bonchev–Trinajstić information content (AvgIpc) is 2.13. The first-order valence-electron chi connectivity index (χ1n) is 4.02. The molecule has 0 radical (unpaired) electrons. The lowest BCUT2D eigenvalue weighted by molar-refractivity contribution is -0.386. The lowest BCUT2D eigenvalue weighted by Crippen LogP contribution is -2.05. The molecule has 0 saturated heterocycles. The molecule has 0 atom stereocenters. The van der Waals surface area contributed by atoms with E-state index in [-0.39, 0.29) is 17.3 Å². The van der Waals surface area contributed by atoms with Gasteiger partial charge in [-0.25, -0.2) is 0 Å². The number of nitro groups is 1. The second-order valence-corrected chi connectivity index (χ2v) is 3.30. The Morgan fingerprint density at radius 3 is 2.87 bits per heavy atom. The molecule has 80 valence electrons. The number of nitro benzene ring substituents is 1. The van der Waals surface area contributed by atoms with Crippen molar-refractivity contribution in [2.24, 2.45) is 0 Å². The van der Waals surface area contributed by atoms with E-state index in [0.29, 0.717) is 0 Å². The Kier molecular flexibility index (Phi) is 3.62. The standard InChI is InChI=1S/C9H8ClFN2O2/c1-6(10)5-12-8-4-2-3-7(11)9(8)13(14)15/h2-4,12H,1,5H2. The third-order valence-electron chi connectivity index (χ3n) is 1.64. The third kappa shape index (κ3) is 2.92. The van der Waals surface area contributed by atoms with E-state index in [0.717, 1.165) is 6.07 Å². The third-order valence-corrected chi connectivity index (χ3v) is 1.77. The Labute approximate surface area is 90.5 Å². The predicted octanol–water partition coefficient (Wildman–Crippen LogP) is 2.90. The summed E-state index contributed by atoms with van der Waals surface area (Å²) in [5.41, 5.74) is -0.503. The number of nitrogens with zero attached hydrogens (tertiary/aromatic N) is 1. The fourth-order valence-corrected chi connectivity index (χ4v) is 1.10. The van der Waals surface area contributed by atoms with Crippen molar-refractivity contribution in [1.29, 1.82) is 0 Å². The van der Waals surface area contributed by atoms with Gasteiger partial charge in [-0.15, -0.1) is 0 Å². The van der Waals surface area contributed by atoms with Crippen molar-refractivity contribution in [1.82, 2.24) is 0 Å². The van der Waals surface area contributed by atoms with Gasteiger partial charge >= 0.3 is 5.69 Å². The molecule has 0 fully saturated rings. The van der Waals surface area contributed by atoms with E-state index in [9.17, 15) is 14.5 Å². The van der Waals surface area contributed by atoms with Gasteiger partial charge in [0.05, 0.1) is 11.5 Å². The van der Waals surface area contributed by atoms with Crippen LogP contribution in [0.5, 0.6) is 0 Å². The van der Waals surface area contributed by atoms with Crippen molar-refractivity contribution < 1.29 is 9.31 Å². The maximum Gasteiger partial charge on any atom is 0.327 e. The lowest BCUT2D eigenvalue weighted by atomic mass is 10.2. The smallest absolute Gasteiger partial charge is 0.327 e. The predicted molar refractivity (Wildman–Crippen MR) is 56.5 cm³/mol. The zero-order chi connectivity index (χ0) is 11.4. The van der Waals surface area contributed by atoms with Crippen molar-refractivity contribution in [3.05, 3.63) is 45.7 Å². The maximum absolute atomic E-state index is 13.1. The van der Waals surface area contributed by atoms with Gasteiger partial charge in [-0.2, -0.15) is 4.39 Å². The van der Waals surface area contributed by atoms with Gasteiger partial charge in [-0.1, -0.05) is 24.2 Å². The SMILES string of the molecule is C=C(Cl)CNc1cccc(F)c1[N+](=O)[O-]. The van der Waals surface area contributed by atoms with E-state index < -0.39 is 16.4 Å². The molecule has 1 N–H and O–H groups in total. The number of anilines is 1. The molecule has 0 aromatic heterocycles. The molecular weight excluding hydrogens is 223 g/mol. The van der Waals surface area contributed by atoms with Gasteiger partial charge in [0.25, 0.3) is 0 Å². The number of hydrogen-bond acceptors (Lipinski definition) is 3. The minimum absolute atomic E-state index is 0.0850. The normalized spacial score (nSPS) is 9.73. The van der Waals surface area contributed by atoms with Crippen molar-refractivity contribution in [3.8, 4) is 0 Å². The zero-order valence-corrected chi connectivity index (χ0v) is 8.42. The maximum atomic E-state index is 13.1. The summed E-state index contributed by atoms with van der Waals surface area (Å²) in [5.74, 6) is -0.884. The molecule has 0 spiro atoms. The number of rotatable bonds is 4. The van der Waals surface area contributed by atoms with Crippen LogP contribution in [0.2, 0.25) is 0 Å². The fourth-order valence-electron chi connectivity index (χ4n) is 1.03. The highest BCUT2D eigenvalue weighted by Crippen LogP contribution is 2.27. The van der Waals surface area contributed by atoms with Gasteiger partial charge in [0.15, 0.2) is 0 Å². The van der Waals surface area contributed by atoms with Crippen LogP contribution in [-0.2, 0) is 0 Å². The second kappa shape index (κ2) is 4.75. The number of hydrogen-bond donors (Lipinski definition) is 1.